The first-order valence-corrected chi connectivity index (χ1v) is 1.26. The maximum atomic E-state index is 6.50. The topological polar surface area (TPSA) is 35.8 Å². The molecule has 50 valence electrons. The van der Waals surface area contributed by atoms with Gasteiger partial charge >= 0.3 is 51.4 Å². The van der Waals surface area contributed by atoms with Gasteiger partial charge in [-0.15, -0.1) is 12.4 Å². The molecule has 1 N–H and O–H groups in total. The van der Waals surface area contributed by atoms with Crippen molar-refractivity contribution in [1.29, 1.82) is 5.26 Å². The molecule has 0 aliphatic rings. The van der Waals surface area contributed by atoms with Gasteiger partial charge in [-0.2, -0.15) is 0 Å². The molecule has 0 saturated carbocycles. The number of halogens is 1. The predicted molar refractivity (Wildman–Crippen MR) is 36.1 cm³/mol. The van der Waals surface area contributed by atoms with E-state index in [-0.39, 0.29) is 80.3 Å². The fourth-order valence-corrected chi connectivity index (χ4v) is 0. The van der Waals surface area contributed by atoms with E-state index >= 15 is 0 Å². The Hall–Kier alpha value is 1.87. The normalized spacial score (nSPS) is 2.50. The zero-order chi connectivity index (χ0) is 4.71. The first kappa shape index (κ1) is 32.7. The van der Waals surface area contributed by atoms with Gasteiger partial charge in [-0.05, 0) is 14.1 Å². The van der Waals surface area contributed by atoms with Crippen molar-refractivity contribution in [3.63, 3.8) is 0 Å². The van der Waals surface area contributed by atoms with Gasteiger partial charge in [0.05, 0.1) is 0 Å². The maximum absolute atomic E-state index is 6.50. The molecule has 0 aromatic heterocycles. The Morgan fingerprint density at radius 3 is 1.25 bits per heavy atom. The molecule has 0 fully saturated rings. The van der Waals surface area contributed by atoms with Crippen LogP contribution in [0.15, 0.2) is 0 Å². The molecule has 5 heteroatoms. The second-order valence-corrected chi connectivity index (χ2v) is 0.500. The van der Waals surface area contributed by atoms with Gasteiger partial charge < -0.3 is 5.32 Å². The first-order valence-electron chi connectivity index (χ1n) is 1.26. The van der Waals surface area contributed by atoms with Crippen molar-refractivity contribution in [1.82, 2.24) is 5.32 Å². The quantitative estimate of drug-likeness (QED) is 0.556. The minimum atomic E-state index is 0. The number of nitrogens with zero attached hydrogens (tertiary/aromatic N) is 1. The van der Waals surface area contributed by atoms with Crippen LogP contribution in [0.25, 0.3) is 0 Å². The summed E-state index contributed by atoms with van der Waals surface area (Å²) in [5.41, 5.74) is 0. The average molecular weight is 207 g/mol. The van der Waals surface area contributed by atoms with Gasteiger partial charge in [0.2, 0.25) is 0 Å². The molecule has 0 aromatic carbocycles. The third-order valence-corrected chi connectivity index (χ3v) is 0. The van der Waals surface area contributed by atoms with E-state index in [2.05, 4.69) is 11.9 Å². The van der Waals surface area contributed by atoms with Crippen molar-refractivity contribution in [2.24, 2.45) is 0 Å². The number of nitrogens with one attached hydrogen (secondary N) is 1. The number of hydrogen-bond donors (Lipinski definition) is 1. The van der Waals surface area contributed by atoms with Crippen LogP contribution in [-0.2, 0) is 16.5 Å². The van der Waals surface area contributed by atoms with Crippen molar-refractivity contribution in [2.75, 3.05) is 14.1 Å². The number of rotatable bonds is 0. The van der Waals surface area contributed by atoms with Crippen molar-refractivity contribution >= 4 is 63.8 Å². The van der Waals surface area contributed by atoms with Crippen LogP contribution in [0.3, 0.4) is 0 Å². The summed E-state index contributed by atoms with van der Waals surface area (Å²) in [5, 5.41) is 9.25. The average Bonchev–Trinajstić information content (AvgIpc) is 1.46. The Labute approximate surface area is 110 Å². The van der Waals surface area contributed by atoms with E-state index in [1.165, 1.54) is 0 Å². The summed E-state index contributed by atoms with van der Waals surface area (Å²) in [6.45, 7) is 3.50. The van der Waals surface area contributed by atoms with E-state index in [0.717, 1.165) is 0 Å². The van der Waals surface area contributed by atoms with Crippen LogP contribution in [0.1, 0.15) is 0 Å². The monoisotopic (exact) mass is 206 g/mol. The maximum Gasteiger partial charge on any atom is 0 e. The molecule has 0 heterocycles. The van der Waals surface area contributed by atoms with Crippen molar-refractivity contribution < 1.29 is 16.5 Å². The second-order valence-electron chi connectivity index (χ2n) is 0.500. The van der Waals surface area contributed by atoms with E-state index in [0.29, 0.717) is 0 Å². The summed E-state index contributed by atoms with van der Waals surface area (Å²) in [5.74, 6) is 0. The van der Waals surface area contributed by atoms with E-state index in [9.17, 15) is 0 Å². The van der Waals surface area contributed by atoms with Crippen molar-refractivity contribution in [3.8, 4) is 6.57 Å². The largest absolute Gasteiger partial charge is 0 e. The smallest absolute Gasteiger partial charge is 0 e. The molecule has 0 bridgehead atoms. The molecular weight excluding hydrogens is 197 g/mol. The summed E-state index contributed by atoms with van der Waals surface area (Å²) in [7, 11) is 3.75. The van der Waals surface area contributed by atoms with Crippen LogP contribution < -0.4 is 5.32 Å². The third kappa shape index (κ3) is 106. The Morgan fingerprint density at radius 1 is 1.25 bits per heavy atom. The summed E-state index contributed by atoms with van der Waals surface area (Å²) < 4.78 is 0. The fraction of sp³-hybridized carbons (Fsp3) is 0.667. The zero-order valence-corrected chi connectivity index (χ0v) is 6.05. The van der Waals surface area contributed by atoms with Crippen LogP contribution >= 0.6 is 12.4 Å². The fourth-order valence-electron chi connectivity index (χ4n) is 0. The van der Waals surface area contributed by atoms with Crippen LogP contribution in [0.4, 0.5) is 0 Å². The van der Waals surface area contributed by atoms with Gasteiger partial charge in [0.25, 0.3) is 0 Å². The molecule has 0 unspecified atom stereocenters. The molecular formula is C3H10ClKN2Ni. The molecule has 0 amide bonds. The Bertz CT molecular complexity index is 28.5. The van der Waals surface area contributed by atoms with Gasteiger partial charge in [-0.25, -0.2) is 5.26 Å². The standard InChI is InChI=1S/C2H7N.CHN.ClH.K.Ni.H/c1-3-2;1-2;;;;/h3H,1-2H3;1H;1H;;;. The Kier molecular flexibility index (Phi) is 273. The molecule has 0 aromatic rings. The summed E-state index contributed by atoms with van der Waals surface area (Å²) in [6, 6.07) is 0. The van der Waals surface area contributed by atoms with Gasteiger partial charge in [0, 0.05) is 23.1 Å². The van der Waals surface area contributed by atoms with Gasteiger partial charge in [-0.3, -0.25) is 0 Å². The molecule has 0 aliphatic carbocycles. The summed E-state index contributed by atoms with van der Waals surface area (Å²) >= 11 is 0. The molecule has 0 radical (unpaired) electrons. The Morgan fingerprint density at radius 2 is 1.25 bits per heavy atom. The Balaban J connectivity index is -0.00000000567. The van der Waals surface area contributed by atoms with Crippen LogP contribution in [0, 0.1) is 11.8 Å². The van der Waals surface area contributed by atoms with Gasteiger partial charge in [0.1, 0.15) is 0 Å². The predicted octanol–water partition coefficient (Wildman–Crippen LogP) is -0.254. The van der Waals surface area contributed by atoms with Crippen LogP contribution in [-0.4, -0.2) is 65.5 Å². The molecule has 0 saturated heterocycles. The van der Waals surface area contributed by atoms with Crippen LogP contribution in [0.5, 0.6) is 0 Å². The SMILES string of the molecule is C#N.CNC.Cl.[KH].[Ni]. The van der Waals surface area contributed by atoms with E-state index in [1.54, 1.807) is 0 Å². The molecule has 0 atom stereocenters. The van der Waals surface area contributed by atoms with E-state index < -0.39 is 0 Å². The van der Waals surface area contributed by atoms with E-state index in [1.807, 2.05) is 14.1 Å². The van der Waals surface area contributed by atoms with Crippen molar-refractivity contribution in [3.05, 3.63) is 0 Å². The minimum Gasteiger partial charge on any atom is 0 e. The molecule has 0 spiro atoms. The van der Waals surface area contributed by atoms with E-state index in [4.69, 9.17) is 5.26 Å². The summed E-state index contributed by atoms with van der Waals surface area (Å²) in [6.07, 6.45) is 0. The van der Waals surface area contributed by atoms with Crippen molar-refractivity contribution in [2.45, 2.75) is 0 Å². The first-order chi connectivity index (χ1) is 2.41. The van der Waals surface area contributed by atoms with Gasteiger partial charge in [0.15, 0.2) is 0 Å². The second kappa shape index (κ2) is 66.7. The minimum absolute atomic E-state index is 0. The molecule has 0 rings (SSSR count). The number of nitriles is 1. The van der Waals surface area contributed by atoms with Crippen LogP contribution in [0.2, 0.25) is 0 Å². The zero-order valence-electron chi connectivity index (χ0n) is 4.25. The molecule has 0 aliphatic heterocycles. The third-order valence-electron chi connectivity index (χ3n) is 0. The number of hydrogen-bond acceptors (Lipinski definition) is 2. The van der Waals surface area contributed by atoms with Gasteiger partial charge in [-0.1, -0.05) is 0 Å². The summed E-state index contributed by atoms with van der Waals surface area (Å²) in [4.78, 5) is 0. The molecule has 8 heavy (non-hydrogen) atoms. The molecule has 2 nitrogen and oxygen atoms in total.